The standard InChI is InChI=1S/C25H31ClFN5/c1-32(2)24-20-6-3-4-9-23(20)30-25(31-24)29-18-12-10-17(11-13-18)16-28-15-14-19-21(26)7-5-8-22(19)27/h3-9,17-18,28H,10-16H2,1-2H3,(H,29,30,31)/t17-,18+. The first-order valence-corrected chi connectivity index (χ1v) is 11.7. The van der Waals surface area contributed by atoms with E-state index in [1.54, 1.807) is 12.1 Å². The van der Waals surface area contributed by atoms with Crippen LogP contribution in [0.25, 0.3) is 10.9 Å². The van der Waals surface area contributed by atoms with E-state index in [9.17, 15) is 4.39 Å². The number of benzene rings is 2. The molecule has 0 amide bonds. The fourth-order valence-corrected chi connectivity index (χ4v) is 4.71. The minimum Gasteiger partial charge on any atom is -0.362 e. The van der Waals surface area contributed by atoms with Crippen LogP contribution < -0.4 is 15.5 Å². The molecule has 1 saturated carbocycles. The zero-order valence-corrected chi connectivity index (χ0v) is 19.5. The van der Waals surface area contributed by atoms with Crippen LogP contribution in [0.2, 0.25) is 5.02 Å². The molecule has 1 fully saturated rings. The highest BCUT2D eigenvalue weighted by Gasteiger charge is 2.22. The molecule has 1 aliphatic rings. The summed E-state index contributed by atoms with van der Waals surface area (Å²) in [5.74, 6) is 2.06. The van der Waals surface area contributed by atoms with E-state index in [4.69, 9.17) is 21.6 Å². The zero-order valence-electron chi connectivity index (χ0n) is 18.7. The van der Waals surface area contributed by atoms with Gasteiger partial charge in [0.05, 0.1) is 5.52 Å². The smallest absolute Gasteiger partial charge is 0.225 e. The highest BCUT2D eigenvalue weighted by molar-refractivity contribution is 6.31. The Balaban J connectivity index is 1.25. The van der Waals surface area contributed by atoms with E-state index < -0.39 is 0 Å². The van der Waals surface area contributed by atoms with Crippen molar-refractivity contribution in [1.29, 1.82) is 0 Å². The Hall–Kier alpha value is -2.44. The average Bonchev–Trinajstić information content (AvgIpc) is 2.78. The van der Waals surface area contributed by atoms with Gasteiger partial charge in [-0.25, -0.2) is 9.37 Å². The van der Waals surface area contributed by atoms with Crippen LogP contribution in [0.15, 0.2) is 42.5 Å². The number of aromatic nitrogens is 2. The highest BCUT2D eigenvalue weighted by atomic mass is 35.5. The first-order valence-electron chi connectivity index (χ1n) is 11.4. The molecule has 7 heteroatoms. The lowest BCUT2D eigenvalue weighted by Crippen LogP contribution is -2.32. The van der Waals surface area contributed by atoms with Crippen LogP contribution in [0.1, 0.15) is 31.2 Å². The van der Waals surface area contributed by atoms with Crippen molar-refractivity contribution in [2.24, 2.45) is 5.92 Å². The summed E-state index contributed by atoms with van der Waals surface area (Å²) in [4.78, 5) is 11.5. The van der Waals surface area contributed by atoms with Crippen molar-refractivity contribution in [3.8, 4) is 0 Å². The molecule has 1 heterocycles. The molecule has 2 N–H and O–H groups in total. The fourth-order valence-electron chi connectivity index (χ4n) is 4.45. The van der Waals surface area contributed by atoms with Crippen molar-refractivity contribution in [3.63, 3.8) is 0 Å². The van der Waals surface area contributed by atoms with Gasteiger partial charge < -0.3 is 15.5 Å². The topological polar surface area (TPSA) is 53.1 Å². The van der Waals surface area contributed by atoms with Gasteiger partial charge in [0.15, 0.2) is 0 Å². The molecule has 4 rings (SSSR count). The Morgan fingerprint density at radius 2 is 1.81 bits per heavy atom. The van der Waals surface area contributed by atoms with E-state index in [-0.39, 0.29) is 5.82 Å². The number of hydrogen-bond donors (Lipinski definition) is 2. The fraction of sp³-hybridized carbons (Fsp3) is 0.440. The summed E-state index contributed by atoms with van der Waals surface area (Å²) >= 11 is 6.11. The van der Waals surface area contributed by atoms with Crippen LogP contribution in [0.4, 0.5) is 16.2 Å². The number of nitrogens with zero attached hydrogens (tertiary/aromatic N) is 3. The van der Waals surface area contributed by atoms with E-state index in [1.165, 1.54) is 6.07 Å². The third-order valence-electron chi connectivity index (χ3n) is 6.23. The van der Waals surface area contributed by atoms with Gasteiger partial charge in [-0.1, -0.05) is 29.8 Å². The predicted molar refractivity (Wildman–Crippen MR) is 131 cm³/mol. The molecule has 0 spiro atoms. The van der Waals surface area contributed by atoms with Gasteiger partial charge in [-0.3, -0.25) is 0 Å². The SMILES string of the molecule is CN(C)c1nc(N[C@H]2CC[C@@H](CNCCc3c(F)cccc3Cl)CC2)nc2ccccc12. The molecule has 3 aromatic rings. The first kappa shape index (κ1) is 22.7. The summed E-state index contributed by atoms with van der Waals surface area (Å²) in [5, 5.41) is 8.62. The number of halogens is 2. The number of hydrogen-bond acceptors (Lipinski definition) is 5. The van der Waals surface area contributed by atoms with Gasteiger partial charge >= 0.3 is 0 Å². The molecule has 0 atom stereocenters. The third-order valence-corrected chi connectivity index (χ3v) is 6.59. The monoisotopic (exact) mass is 455 g/mol. The van der Waals surface area contributed by atoms with Crippen LogP contribution in [0.3, 0.4) is 0 Å². The van der Waals surface area contributed by atoms with E-state index in [1.807, 2.05) is 37.2 Å². The summed E-state index contributed by atoms with van der Waals surface area (Å²) in [6.07, 6.45) is 5.10. The van der Waals surface area contributed by atoms with Crippen LogP contribution in [-0.4, -0.2) is 43.2 Å². The summed E-state index contributed by atoms with van der Waals surface area (Å²) in [7, 11) is 4.02. The predicted octanol–water partition coefficient (Wildman–Crippen LogP) is 5.29. The van der Waals surface area contributed by atoms with E-state index >= 15 is 0 Å². The molecular weight excluding hydrogens is 425 g/mol. The van der Waals surface area contributed by atoms with Crippen molar-refractivity contribution >= 4 is 34.3 Å². The summed E-state index contributed by atoms with van der Waals surface area (Å²) in [6, 6.07) is 13.4. The maximum atomic E-state index is 13.9. The second-order valence-electron chi connectivity index (χ2n) is 8.80. The molecule has 2 aromatic carbocycles. The lowest BCUT2D eigenvalue weighted by Gasteiger charge is -2.29. The molecule has 0 aliphatic heterocycles. The minimum atomic E-state index is -0.223. The van der Waals surface area contributed by atoms with Crippen LogP contribution in [0.5, 0.6) is 0 Å². The van der Waals surface area contributed by atoms with E-state index in [0.29, 0.717) is 34.9 Å². The number of nitrogens with one attached hydrogen (secondary N) is 2. The summed E-state index contributed by atoms with van der Waals surface area (Å²) in [6.45, 7) is 1.69. The Kier molecular flexibility index (Phi) is 7.43. The second-order valence-corrected chi connectivity index (χ2v) is 9.21. The number of rotatable bonds is 8. The zero-order chi connectivity index (χ0) is 22.5. The van der Waals surface area contributed by atoms with Crippen LogP contribution >= 0.6 is 11.6 Å². The number of anilines is 2. The Morgan fingerprint density at radius 1 is 1.03 bits per heavy atom. The molecule has 0 bridgehead atoms. The molecule has 0 saturated heterocycles. The van der Waals surface area contributed by atoms with Gasteiger partial charge in [0.1, 0.15) is 11.6 Å². The Morgan fingerprint density at radius 3 is 2.56 bits per heavy atom. The van der Waals surface area contributed by atoms with Gasteiger partial charge in [0.25, 0.3) is 0 Å². The van der Waals surface area contributed by atoms with Crippen molar-refractivity contribution in [1.82, 2.24) is 15.3 Å². The van der Waals surface area contributed by atoms with Gasteiger partial charge in [-0.2, -0.15) is 4.98 Å². The maximum absolute atomic E-state index is 13.9. The van der Waals surface area contributed by atoms with E-state index in [2.05, 4.69) is 16.7 Å². The first-order chi connectivity index (χ1) is 15.5. The minimum absolute atomic E-state index is 0.223. The van der Waals surface area contributed by atoms with Gasteiger partial charge in [-0.15, -0.1) is 0 Å². The normalized spacial score (nSPS) is 18.6. The Labute approximate surface area is 194 Å². The molecule has 170 valence electrons. The molecule has 32 heavy (non-hydrogen) atoms. The van der Waals surface area contributed by atoms with E-state index in [0.717, 1.165) is 55.5 Å². The second kappa shape index (κ2) is 10.5. The van der Waals surface area contributed by atoms with Gasteiger partial charge in [0, 0.05) is 36.1 Å². The van der Waals surface area contributed by atoms with Gasteiger partial charge in [-0.05, 0) is 75.4 Å². The Bertz CT molecular complexity index is 1030. The van der Waals surface area contributed by atoms with Crippen molar-refractivity contribution in [2.75, 3.05) is 37.4 Å². The van der Waals surface area contributed by atoms with Gasteiger partial charge in [0.2, 0.25) is 5.95 Å². The third kappa shape index (κ3) is 5.48. The highest BCUT2D eigenvalue weighted by Crippen LogP contribution is 2.28. The number of para-hydroxylation sites is 1. The molecule has 0 radical (unpaired) electrons. The summed E-state index contributed by atoms with van der Waals surface area (Å²) < 4.78 is 13.9. The van der Waals surface area contributed by atoms with Crippen LogP contribution in [-0.2, 0) is 6.42 Å². The molecule has 1 aromatic heterocycles. The molecule has 1 aliphatic carbocycles. The number of fused-ring (bicyclic) bond motifs is 1. The quantitative estimate of drug-likeness (QED) is 0.452. The van der Waals surface area contributed by atoms with Crippen LogP contribution in [0, 0.1) is 11.7 Å². The largest absolute Gasteiger partial charge is 0.362 e. The van der Waals surface area contributed by atoms with Crippen molar-refractivity contribution < 1.29 is 4.39 Å². The lowest BCUT2D eigenvalue weighted by molar-refractivity contribution is 0.325. The maximum Gasteiger partial charge on any atom is 0.225 e. The van der Waals surface area contributed by atoms with Crippen molar-refractivity contribution in [2.45, 2.75) is 38.1 Å². The summed E-state index contributed by atoms with van der Waals surface area (Å²) in [5.41, 5.74) is 1.56. The molecule has 0 unspecified atom stereocenters. The molecular formula is C25H31ClFN5. The molecule has 5 nitrogen and oxygen atoms in total. The van der Waals surface area contributed by atoms with Crippen molar-refractivity contribution in [3.05, 3.63) is 58.9 Å². The lowest BCUT2D eigenvalue weighted by atomic mass is 9.86. The average molecular weight is 456 g/mol.